The van der Waals surface area contributed by atoms with Gasteiger partial charge in [-0.05, 0) is 114 Å². The standard InChI is InChI=1S/C39H25NO4/c1-22-10-13-30-34(16-22)43-36-17-23(2)18-37-38(36)40(30)31-14-11-27(21-35(31)44-37)25-7-5-6-24(19-25)26-12-15-33-29(20-26)39(41)28-8-3-4-9-32(28)42-33/h3-21H,1-2H3. The molecule has 7 aromatic rings. The van der Waals surface area contributed by atoms with Gasteiger partial charge in [0.2, 0.25) is 5.43 Å². The Hall–Kier alpha value is -5.81. The molecule has 0 amide bonds. The average Bonchev–Trinajstić information content (AvgIpc) is 3.04. The van der Waals surface area contributed by atoms with Crippen molar-refractivity contribution in [3.63, 3.8) is 0 Å². The molecule has 6 aromatic carbocycles. The molecule has 3 heterocycles. The van der Waals surface area contributed by atoms with Gasteiger partial charge in [-0.2, -0.15) is 0 Å². The van der Waals surface area contributed by atoms with Crippen LogP contribution >= 0.6 is 0 Å². The maximum Gasteiger partial charge on any atom is 0.200 e. The molecule has 0 fully saturated rings. The highest BCUT2D eigenvalue weighted by Crippen LogP contribution is 2.60. The third-order valence-electron chi connectivity index (χ3n) is 8.51. The van der Waals surface area contributed by atoms with Gasteiger partial charge in [-0.1, -0.05) is 48.5 Å². The Morgan fingerprint density at radius 2 is 1.11 bits per heavy atom. The molecule has 9 rings (SSSR count). The van der Waals surface area contributed by atoms with Gasteiger partial charge in [-0.15, -0.1) is 0 Å². The van der Waals surface area contributed by atoms with Crippen molar-refractivity contribution in [2.24, 2.45) is 0 Å². The van der Waals surface area contributed by atoms with Gasteiger partial charge in [0.15, 0.2) is 23.0 Å². The number of ether oxygens (including phenoxy) is 2. The van der Waals surface area contributed by atoms with E-state index < -0.39 is 0 Å². The average molecular weight is 572 g/mol. The molecule has 0 N–H and O–H groups in total. The number of hydrogen-bond donors (Lipinski definition) is 0. The number of hydrogen-bond acceptors (Lipinski definition) is 5. The highest BCUT2D eigenvalue weighted by molar-refractivity contribution is 5.95. The number of rotatable bonds is 2. The summed E-state index contributed by atoms with van der Waals surface area (Å²) in [6.07, 6.45) is 0. The molecule has 5 heteroatoms. The summed E-state index contributed by atoms with van der Waals surface area (Å²) >= 11 is 0. The summed E-state index contributed by atoms with van der Waals surface area (Å²) in [5.74, 6) is 3.17. The smallest absolute Gasteiger partial charge is 0.200 e. The Balaban J connectivity index is 1.14. The van der Waals surface area contributed by atoms with Crippen LogP contribution in [0, 0.1) is 13.8 Å². The lowest BCUT2D eigenvalue weighted by Crippen LogP contribution is -2.20. The molecule has 5 nitrogen and oxygen atoms in total. The van der Waals surface area contributed by atoms with Crippen LogP contribution in [0.5, 0.6) is 23.0 Å². The van der Waals surface area contributed by atoms with Crippen LogP contribution in [0.2, 0.25) is 0 Å². The number of nitrogens with zero attached hydrogens (tertiary/aromatic N) is 1. The molecular formula is C39H25NO4. The predicted octanol–water partition coefficient (Wildman–Crippen LogP) is 10.6. The first-order valence-corrected chi connectivity index (χ1v) is 14.6. The van der Waals surface area contributed by atoms with Crippen LogP contribution in [0.25, 0.3) is 44.2 Å². The molecule has 0 unspecified atom stereocenters. The van der Waals surface area contributed by atoms with E-state index in [9.17, 15) is 4.79 Å². The van der Waals surface area contributed by atoms with E-state index in [1.54, 1.807) is 0 Å². The molecule has 0 radical (unpaired) electrons. The largest absolute Gasteiger partial charge is 0.456 e. The first-order chi connectivity index (χ1) is 21.5. The number of para-hydroxylation sites is 1. The van der Waals surface area contributed by atoms with E-state index in [0.29, 0.717) is 21.9 Å². The van der Waals surface area contributed by atoms with E-state index in [1.807, 2.05) is 48.5 Å². The summed E-state index contributed by atoms with van der Waals surface area (Å²) in [4.78, 5) is 15.5. The zero-order valence-corrected chi connectivity index (χ0v) is 24.0. The fraction of sp³-hybridized carbons (Fsp3) is 0.0513. The van der Waals surface area contributed by atoms with Gasteiger partial charge in [-0.3, -0.25) is 9.69 Å². The van der Waals surface area contributed by atoms with Crippen molar-refractivity contribution in [3.8, 4) is 45.3 Å². The summed E-state index contributed by atoms with van der Waals surface area (Å²) in [5.41, 5.74) is 10.3. The van der Waals surface area contributed by atoms with Crippen molar-refractivity contribution in [2.75, 3.05) is 4.90 Å². The highest BCUT2D eigenvalue weighted by atomic mass is 16.5. The third kappa shape index (κ3) is 3.69. The molecule has 0 bridgehead atoms. The van der Waals surface area contributed by atoms with E-state index in [2.05, 4.69) is 85.5 Å². The van der Waals surface area contributed by atoms with Gasteiger partial charge in [0.05, 0.1) is 22.1 Å². The second kappa shape index (κ2) is 9.09. The summed E-state index contributed by atoms with van der Waals surface area (Å²) < 4.78 is 18.9. The van der Waals surface area contributed by atoms with Crippen molar-refractivity contribution in [2.45, 2.75) is 13.8 Å². The van der Waals surface area contributed by atoms with Crippen molar-refractivity contribution in [1.29, 1.82) is 0 Å². The topological polar surface area (TPSA) is 51.9 Å². The minimum Gasteiger partial charge on any atom is -0.456 e. The lowest BCUT2D eigenvalue weighted by Gasteiger charge is -2.38. The van der Waals surface area contributed by atoms with Crippen LogP contribution in [-0.2, 0) is 0 Å². The normalized spacial score (nSPS) is 12.7. The maximum atomic E-state index is 13.3. The lowest BCUT2D eigenvalue weighted by molar-refractivity contribution is 0.445. The van der Waals surface area contributed by atoms with Crippen LogP contribution in [-0.4, -0.2) is 0 Å². The molecule has 0 aliphatic carbocycles. The summed E-state index contributed by atoms with van der Waals surface area (Å²) in [7, 11) is 0. The van der Waals surface area contributed by atoms with Gasteiger partial charge in [0, 0.05) is 0 Å². The summed E-state index contributed by atoms with van der Waals surface area (Å²) in [6, 6.07) is 38.3. The second-order valence-corrected chi connectivity index (χ2v) is 11.5. The lowest BCUT2D eigenvalue weighted by atomic mass is 9.97. The molecule has 0 atom stereocenters. The molecule has 1 aromatic heterocycles. The zero-order chi connectivity index (χ0) is 29.5. The number of fused-ring (bicyclic) bond motifs is 6. The van der Waals surface area contributed by atoms with E-state index in [4.69, 9.17) is 13.9 Å². The zero-order valence-electron chi connectivity index (χ0n) is 24.0. The molecule has 0 spiro atoms. The molecule has 0 saturated carbocycles. The van der Waals surface area contributed by atoms with Gasteiger partial charge < -0.3 is 13.9 Å². The Kier molecular flexibility index (Phi) is 5.12. The molecule has 2 aliphatic heterocycles. The van der Waals surface area contributed by atoms with Crippen LogP contribution in [0.1, 0.15) is 11.1 Å². The summed E-state index contributed by atoms with van der Waals surface area (Å²) in [5, 5.41) is 1.16. The molecule has 0 saturated heterocycles. The number of benzene rings is 6. The fourth-order valence-electron chi connectivity index (χ4n) is 6.41. The number of aryl methyl sites for hydroxylation is 2. The van der Waals surface area contributed by atoms with Crippen LogP contribution in [0.3, 0.4) is 0 Å². The quantitative estimate of drug-likeness (QED) is 0.193. The van der Waals surface area contributed by atoms with Crippen LogP contribution in [0.4, 0.5) is 17.1 Å². The fourth-order valence-corrected chi connectivity index (χ4v) is 6.41. The Morgan fingerprint density at radius 3 is 1.91 bits per heavy atom. The Labute approximate surface area is 253 Å². The van der Waals surface area contributed by atoms with Gasteiger partial charge in [0.1, 0.15) is 16.9 Å². The van der Waals surface area contributed by atoms with Gasteiger partial charge in [-0.25, -0.2) is 0 Å². The van der Waals surface area contributed by atoms with Gasteiger partial charge >= 0.3 is 0 Å². The van der Waals surface area contributed by atoms with Crippen molar-refractivity contribution >= 4 is 39.0 Å². The highest BCUT2D eigenvalue weighted by Gasteiger charge is 2.35. The Morgan fingerprint density at radius 1 is 0.500 bits per heavy atom. The maximum absolute atomic E-state index is 13.3. The van der Waals surface area contributed by atoms with Crippen LogP contribution in [0.15, 0.2) is 124 Å². The monoisotopic (exact) mass is 571 g/mol. The minimum absolute atomic E-state index is 0.0230. The first kappa shape index (κ1) is 24.8. The van der Waals surface area contributed by atoms with Crippen molar-refractivity contribution in [3.05, 3.63) is 137 Å². The SMILES string of the molecule is Cc1ccc2c(c1)Oc1cc(C)cc3c1N2c1ccc(-c2cccc(-c4ccc5oc6ccccc6c(=O)c5c4)c2)cc1O3. The van der Waals surface area contributed by atoms with Crippen molar-refractivity contribution in [1.82, 2.24) is 0 Å². The van der Waals surface area contributed by atoms with E-state index in [1.165, 1.54) is 0 Å². The van der Waals surface area contributed by atoms with Crippen LogP contribution < -0.4 is 19.8 Å². The molecular weight excluding hydrogens is 546 g/mol. The Bertz CT molecular complexity index is 2400. The number of anilines is 3. The first-order valence-electron chi connectivity index (χ1n) is 14.6. The predicted molar refractivity (Wildman–Crippen MR) is 175 cm³/mol. The molecule has 210 valence electrons. The van der Waals surface area contributed by atoms with E-state index in [-0.39, 0.29) is 5.43 Å². The van der Waals surface area contributed by atoms with Crippen molar-refractivity contribution < 1.29 is 13.9 Å². The van der Waals surface area contributed by atoms with Gasteiger partial charge in [0.25, 0.3) is 0 Å². The van der Waals surface area contributed by atoms with E-state index >= 15 is 0 Å². The molecule has 44 heavy (non-hydrogen) atoms. The second-order valence-electron chi connectivity index (χ2n) is 11.5. The third-order valence-corrected chi connectivity index (χ3v) is 8.51. The molecule has 2 aliphatic rings. The summed E-state index contributed by atoms with van der Waals surface area (Å²) in [6.45, 7) is 4.12. The van der Waals surface area contributed by atoms with E-state index in [0.717, 1.165) is 73.4 Å². The minimum atomic E-state index is -0.0230.